The van der Waals surface area contributed by atoms with Gasteiger partial charge in [0.2, 0.25) is 0 Å². The zero-order valence-corrected chi connectivity index (χ0v) is 20.4. The van der Waals surface area contributed by atoms with Gasteiger partial charge < -0.3 is 25.2 Å². The van der Waals surface area contributed by atoms with E-state index in [0.717, 1.165) is 12.8 Å². The van der Waals surface area contributed by atoms with Crippen LogP contribution >= 0.6 is 0 Å². The molecule has 0 aromatic heterocycles. The number of hydrogen-bond donors (Lipinski definition) is 4. The summed E-state index contributed by atoms with van der Waals surface area (Å²) in [6.07, 6.45) is 1.67. The number of carbonyl (C=O) groups excluding carboxylic acids is 1. The summed E-state index contributed by atoms with van der Waals surface area (Å²) < 4.78 is 6.02. The molecule has 0 aromatic carbocycles. The number of carbonyl (C=O) groups is 3. The summed E-state index contributed by atoms with van der Waals surface area (Å²) in [6, 6.07) is 0. The quantitative estimate of drug-likeness (QED) is 0.336. The molecule has 0 aliphatic heterocycles. The minimum atomic E-state index is -1.10. The van der Waals surface area contributed by atoms with Gasteiger partial charge in [-0.05, 0) is 76.5 Å². The highest BCUT2D eigenvalue weighted by molar-refractivity contribution is 5.76. The van der Waals surface area contributed by atoms with Crippen LogP contribution in [0, 0.1) is 35.0 Å². The normalized spacial score (nSPS) is 31.8. The third-order valence-corrected chi connectivity index (χ3v) is 8.13. The molecule has 2 fully saturated rings. The number of aliphatic hydroxyl groups is 2. The van der Waals surface area contributed by atoms with Crippen LogP contribution in [0.25, 0.3) is 0 Å². The van der Waals surface area contributed by atoms with Crippen LogP contribution in [0.4, 0.5) is 0 Å². The molecule has 0 heterocycles. The molecule has 2 aliphatic carbocycles. The molecule has 0 bridgehead atoms. The van der Waals surface area contributed by atoms with Gasteiger partial charge in [-0.2, -0.15) is 0 Å². The van der Waals surface area contributed by atoms with Crippen molar-refractivity contribution in [3.63, 3.8) is 0 Å². The Kier molecular flexibility index (Phi) is 9.73. The van der Waals surface area contributed by atoms with Crippen molar-refractivity contribution in [3.05, 3.63) is 0 Å². The second-order valence-electron chi connectivity index (χ2n) is 11.0. The molecule has 0 radical (unpaired) electrons. The summed E-state index contributed by atoms with van der Waals surface area (Å²) >= 11 is 0. The highest BCUT2D eigenvalue weighted by Gasteiger charge is 2.49. The van der Waals surface area contributed by atoms with Crippen LogP contribution in [0.3, 0.4) is 0 Å². The SMILES string of the molecule is CCC(C)(C)C(=O)O[C@H]1C[C@@H](C(=O)O)C[C@@H]2CC[C@H](C)[C@H](CC[C@@H](O)C[C@@H](O)CC(=O)O)[C@@H]21. The maximum Gasteiger partial charge on any atom is 0.311 e. The Hall–Kier alpha value is -1.67. The lowest BCUT2D eigenvalue weighted by atomic mass is 9.57. The molecule has 8 nitrogen and oxygen atoms in total. The van der Waals surface area contributed by atoms with E-state index in [0.29, 0.717) is 38.0 Å². The standard InChI is InChI=1S/C25H42O8/c1-5-25(3,4)24(32)33-20-11-16(23(30)31)10-15-7-6-14(2)19(22(15)20)9-8-17(26)12-18(27)13-21(28)29/h14-20,22,26-27H,5-13H2,1-4H3,(H,28,29)(H,30,31)/t14-,15-,16-,17+,18+,19-,20-,22+/m0/s1. The fourth-order valence-corrected chi connectivity index (χ4v) is 5.71. The Morgan fingerprint density at radius 3 is 2.30 bits per heavy atom. The van der Waals surface area contributed by atoms with E-state index in [2.05, 4.69) is 6.92 Å². The smallest absolute Gasteiger partial charge is 0.311 e. The van der Waals surface area contributed by atoms with Gasteiger partial charge in [0.05, 0.1) is 30.0 Å². The van der Waals surface area contributed by atoms with Gasteiger partial charge >= 0.3 is 17.9 Å². The van der Waals surface area contributed by atoms with Gasteiger partial charge in [0, 0.05) is 5.92 Å². The first-order valence-electron chi connectivity index (χ1n) is 12.4. The number of aliphatic carboxylic acids is 2. The summed E-state index contributed by atoms with van der Waals surface area (Å²) in [7, 11) is 0. The Morgan fingerprint density at radius 1 is 1.06 bits per heavy atom. The van der Waals surface area contributed by atoms with Crippen molar-refractivity contribution in [2.45, 2.75) is 104 Å². The number of ether oxygens (including phenoxy) is 1. The van der Waals surface area contributed by atoms with E-state index in [1.54, 1.807) is 0 Å². The van der Waals surface area contributed by atoms with Crippen molar-refractivity contribution < 1.29 is 39.5 Å². The predicted molar refractivity (Wildman–Crippen MR) is 121 cm³/mol. The average Bonchev–Trinajstić information content (AvgIpc) is 2.72. The lowest BCUT2D eigenvalue weighted by molar-refractivity contribution is -0.177. The number of esters is 1. The van der Waals surface area contributed by atoms with Crippen molar-refractivity contribution in [2.75, 3.05) is 0 Å². The maximum atomic E-state index is 12.9. The van der Waals surface area contributed by atoms with Gasteiger partial charge in [0.25, 0.3) is 0 Å². The maximum absolute atomic E-state index is 12.9. The molecular formula is C25H42O8. The van der Waals surface area contributed by atoms with Gasteiger partial charge in [-0.1, -0.05) is 20.3 Å². The lowest BCUT2D eigenvalue weighted by Crippen LogP contribution is -2.49. The Labute approximate surface area is 196 Å². The van der Waals surface area contributed by atoms with Gasteiger partial charge in [0.15, 0.2) is 0 Å². The summed E-state index contributed by atoms with van der Waals surface area (Å²) in [6.45, 7) is 7.76. The van der Waals surface area contributed by atoms with Gasteiger partial charge in [0.1, 0.15) is 6.10 Å². The van der Waals surface area contributed by atoms with Crippen molar-refractivity contribution in [2.24, 2.45) is 35.0 Å². The molecule has 33 heavy (non-hydrogen) atoms. The predicted octanol–water partition coefficient (Wildman–Crippen LogP) is 3.47. The van der Waals surface area contributed by atoms with Gasteiger partial charge in [-0.15, -0.1) is 0 Å². The van der Waals surface area contributed by atoms with E-state index in [4.69, 9.17) is 9.84 Å². The number of hydrogen-bond acceptors (Lipinski definition) is 6. The summed E-state index contributed by atoms with van der Waals surface area (Å²) in [4.78, 5) is 35.5. The fraction of sp³-hybridized carbons (Fsp3) is 0.880. The van der Waals surface area contributed by atoms with Crippen LogP contribution in [0.15, 0.2) is 0 Å². The highest BCUT2D eigenvalue weighted by Crippen LogP contribution is 2.51. The summed E-state index contributed by atoms with van der Waals surface area (Å²) in [5.41, 5.74) is -0.641. The van der Waals surface area contributed by atoms with Gasteiger partial charge in [-0.25, -0.2) is 0 Å². The molecular weight excluding hydrogens is 428 g/mol. The van der Waals surface area contributed by atoms with E-state index in [9.17, 15) is 29.7 Å². The largest absolute Gasteiger partial charge is 0.481 e. The monoisotopic (exact) mass is 470 g/mol. The zero-order valence-electron chi connectivity index (χ0n) is 20.4. The Morgan fingerprint density at radius 2 is 1.73 bits per heavy atom. The molecule has 0 spiro atoms. The lowest BCUT2D eigenvalue weighted by Gasteiger charge is -2.50. The Bertz CT molecular complexity index is 690. The summed E-state index contributed by atoms with van der Waals surface area (Å²) in [5.74, 6) is -2.09. The third kappa shape index (κ3) is 7.41. The molecule has 0 aromatic rings. The average molecular weight is 471 g/mol. The number of rotatable bonds is 11. The van der Waals surface area contributed by atoms with Crippen LogP contribution in [-0.2, 0) is 19.1 Å². The van der Waals surface area contributed by atoms with Crippen LogP contribution in [-0.4, -0.2) is 56.6 Å². The van der Waals surface area contributed by atoms with Crippen LogP contribution in [0.2, 0.25) is 0 Å². The molecule has 4 N–H and O–H groups in total. The number of fused-ring (bicyclic) bond motifs is 1. The first-order chi connectivity index (χ1) is 15.4. The third-order valence-electron chi connectivity index (χ3n) is 8.13. The molecule has 8 atom stereocenters. The second-order valence-corrected chi connectivity index (χ2v) is 11.0. The molecule has 190 valence electrons. The minimum absolute atomic E-state index is 0.00564. The van der Waals surface area contributed by atoms with Gasteiger partial charge in [-0.3, -0.25) is 14.4 Å². The van der Waals surface area contributed by atoms with Crippen LogP contribution < -0.4 is 0 Å². The van der Waals surface area contributed by atoms with Crippen molar-refractivity contribution in [1.82, 2.24) is 0 Å². The van der Waals surface area contributed by atoms with Crippen LogP contribution in [0.5, 0.6) is 0 Å². The topological polar surface area (TPSA) is 141 Å². The molecule has 8 heteroatoms. The number of aliphatic hydroxyl groups excluding tert-OH is 2. The minimum Gasteiger partial charge on any atom is -0.481 e. The Balaban J connectivity index is 2.16. The van der Waals surface area contributed by atoms with Crippen molar-refractivity contribution >= 4 is 17.9 Å². The molecule has 0 saturated heterocycles. The fourth-order valence-electron chi connectivity index (χ4n) is 5.71. The highest BCUT2D eigenvalue weighted by atomic mass is 16.5. The van der Waals surface area contributed by atoms with Crippen molar-refractivity contribution in [3.8, 4) is 0 Å². The van der Waals surface area contributed by atoms with E-state index >= 15 is 0 Å². The zero-order chi connectivity index (χ0) is 24.9. The van der Waals surface area contributed by atoms with Crippen molar-refractivity contribution in [1.29, 1.82) is 0 Å². The van der Waals surface area contributed by atoms with E-state index in [1.165, 1.54) is 0 Å². The van der Waals surface area contributed by atoms with E-state index in [1.807, 2.05) is 20.8 Å². The number of carboxylic acid groups (broad SMARTS) is 2. The summed E-state index contributed by atoms with van der Waals surface area (Å²) in [5, 5.41) is 38.7. The molecule has 0 amide bonds. The first-order valence-corrected chi connectivity index (χ1v) is 12.4. The molecule has 2 rings (SSSR count). The molecule has 2 aliphatic rings. The number of carboxylic acids is 2. The van der Waals surface area contributed by atoms with E-state index < -0.39 is 48.0 Å². The second kappa shape index (κ2) is 11.6. The first kappa shape index (κ1) is 27.6. The van der Waals surface area contributed by atoms with Crippen LogP contribution in [0.1, 0.15) is 85.5 Å². The molecule has 0 unspecified atom stereocenters. The molecule has 2 saturated carbocycles. The van der Waals surface area contributed by atoms with E-state index in [-0.39, 0.29) is 30.1 Å².